The molecule has 1 aromatic carbocycles. The molecule has 6 heteroatoms. The van der Waals surface area contributed by atoms with Crippen molar-refractivity contribution in [2.75, 3.05) is 7.11 Å². The van der Waals surface area contributed by atoms with Crippen LogP contribution in [0.3, 0.4) is 0 Å². The molecule has 0 amide bonds. The molecule has 3 aromatic rings. The lowest BCUT2D eigenvalue weighted by Crippen LogP contribution is -2.43. The van der Waals surface area contributed by atoms with Crippen molar-refractivity contribution >= 4 is 16.7 Å². The quantitative estimate of drug-likeness (QED) is 0.567. The van der Waals surface area contributed by atoms with Crippen molar-refractivity contribution < 1.29 is 14.6 Å². The van der Waals surface area contributed by atoms with Crippen LogP contribution in [0.5, 0.6) is 5.75 Å². The van der Waals surface area contributed by atoms with E-state index in [-0.39, 0.29) is 24.2 Å². The minimum Gasteiger partial charge on any atom is -0.497 e. The highest BCUT2D eigenvalue weighted by molar-refractivity contribution is 5.92. The molecule has 2 aromatic heterocycles. The molecule has 0 spiro atoms. The fraction of sp³-hybridized carbons (Fsp3) is 0.375. The lowest BCUT2D eigenvalue weighted by molar-refractivity contribution is -0.140. The third-order valence-corrected chi connectivity index (χ3v) is 6.74. The van der Waals surface area contributed by atoms with Crippen molar-refractivity contribution in [3.05, 3.63) is 56.9 Å². The molecule has 154 valence electrons. The highest BCUT2D eigenvalue weighted by Crippen LogP contribution is 2.41. The summed E-state index contributed by atoms with van der Waals surface area (Å²) >= 11 is 0. The van der Waals surface area contributed by atoms with Gasteiger partial charge in [0.1, 0.15) is 11.4 Å². The molecule has 6 nitrogen and oxygen atoms in total. The predicted octanol–water partition coefficient (Wildman–Crippen LogP) is 3.11. The van der Waals surface area contributed by atoms with Gasteiger partial charge in [-0.2, -0.15) is 0 Å². The van der Waals surface area contributed by atoms with Crippen LogP contribution in [0.4, 0.5) is 0 Å². The van der Waals surface area contributed by atoms with E-state index in [0.717, 1.165) is 39.9 Å². The highest BCUT2D eigenvalue weighted by atomic mass is 16.5. The van der Waals surface area contributed by atoms with Crippen molar-refractivity contribution in [3.63, 3.8) is 0 Å². The van der Waals surface area contributed by atoms with Gasteiger partial charge in [0.25, 0.3) is 5.56 Å². The number of hydrogen-bond acceptors (Lipinski definition) is 5. The fourth-order valence-electron chi connectivity index (χ4n) is 5.06. The van der Waals surface area contributed by atoms with Crippen LogP contribution in [-0.2, 0) is 29.8 Å². The van der Waals surface area contributed by atoms with Crippen LogP contribution in [0, 0.1) is 0 Å². The Kier molecular flexibility index (Phi) is 4.12. The Hall–Kier alpha value is -2.99. The maximum absolute atomic E-state index is 13.4. The van der Waals surface area contributed by atoms with Gasteiger partial charge in [0.05, 0.1) is 30.6 Å². The van der Waals surface area contributed by atoms with Gasteiger partial charge in [-0.25, -0.2) is 4.98 Å². The number of carbonyl (C=O) groups excluding carboxylic acids is 1. The maximum Gasteiger partial charge on any atom is 0.254 e. The molecule has 30 heavy (non-hydrogen) atoms. The first-order valence-corrected chi connectivity index (χ1v) is 10.5. The summed E-state index contributed by atoms with van der Waals surface area (Å²) in [5, 5.41) is 12.1. The average molecular weight is 404 g/mol. The van der Waals surface area contributed by atoms with Gasteiger partial charge in [0, 0.05) is 28.5 Å². The second-order valence-corrected chi connectivity index (χ2v) is 8.10. The van der Waals surface area contributed by atoms with Gasteiger partial charge < -0.3 is 14.4 Å². The number of nitrogens with zero attached hydrogens (tertiary/aromatic N) is 2. The van der Waals surface area contributed by atoms with Gasteiger partial charge in [0.15, 0.2) is 5.78 Å². The Morgan fingerprint density at radius 1 is 1.17 bits per heavy atom. The molecule has 1 atom stereocenters. The first-order chi connectivity index (χ1) is 14.4. The van der Waals surface area contributed by atoms with E-state index in [0.29, 0.717) is 29.8 Å². The maximum atomic E-state index is 13.4. The first kappa shape index (κ1) is 19.0. The van der Waals surface area contributed by atoms with Crippen molar-refractivity contribution in [1.82, 2.24) is 9.55 Å². The molecule has 5 rings (SSSR count). The number of aromatic nitrogens is 2. The molecule has 0 bridgehead atoms. The number of methoxy groups -OCH3 is 1. The van der Waals surface area contributed by atoms with Gasteiger partial charge in [-0.05, 0) is 49.1 Å². The summed E-state index contributed by atoms with van der Waals surface area (Å²) in [6.45, 7) is 4.33. The van der Waals surface area contributed by atoms with E-state index in [1.807, 2.05) is 24.3 Å². The van der Waals surface area contributed by atoms with Crippen LogP contribution >= 0.6 is 0 Å². The zero-order valence-corrected chi connectivity index (χ0v) is 17.4. The Bertz CT molecular complexity index is 1290. The van der Waals surface area contributed by atoms with Crippen molar-refractivity contribution in [2.24, 2.45) is 0 Å². The van der Waals surface area contributed by atoms with Gasteiger partial charge in [0.2, 0.25) is 0 Å². The Balaban J connectivity index is 1.81. The van der Waals surface area contributed by atoms with Crippen LogP contribution < -0.4 is 10.3 Å². The van der Waals surface area contributed by atoms with E-state index in [1.54, 1.807) is 18.6 Å². The van der Waals surface area contributed by atoms with Gasteiger partial charge in [-0.3, -0.25) is 9.59 Å². The van der Waals surface area contributed by atoms with Gasteiger partial charge in [-0.15, -0.1) is 0 Å². The predicted molar refractivity (Wildman–Crippen MR) is 114 cm³/mol. The molecule has 0 saturated heterocycles. The number of ketones is 1. The van der Waals surface area contributed by atoms with Crippen LogP contribution in [0.25, 0.3) is 22.3 Å². The number of benzene rings is 1. The van der Waals surface area contributed by atoms with Crippen molar-refractivity contribution in [1.29, 1.82) is 0 Å². The van der Waals surface area contributed by atoms with E-state index >= 15 is 0 Å². The minimum absolute atomic E-state index is 0.122. The number of hydrogen-bond donors (Lipinski definition) is 1. The molecular formula is C24H24N2O4. The molecule has 2 aliphatic rings. The summed E-state index contributed by atoms with van der Waals surface area (Å²) < 4.78 is 7.14. The minimum atomic E-state index is -1.59. The lowest BCUT2D eigenvalue weighted by atomic mass is 9.77. The van der Waals surface area contributed by atoms with E-state index in [4.69, 9.17) is 9.72 Å². The first-order valence-electron chi connectivity index (χ1n) is 10.5. The smallest absolute Gasteiger partial charge is 0.254 e. The van der Waals surface area contributed by atoms with Crippen molar-refractivity contribution in [3.8, 4) is 17.1 Å². The topological polar surface area (TPSA) is 81.4 Å². The number of ether oxygens (including phenoxy) is 1. The van der Waals surface area contributed by atoms with Crippen LogP contribution in [-0.4, -0.2) is 27.6 Å². The molecule has 1 N–H and O–H groups in total. The summed E-state index contributed by atoms with van der Waals surface area (Å²) in [5.74, 6) is 0.557. The number of Topliss-reactive ketones (excluding diaryl/α,β-unsaturated/α-hetero) is 1. The Morgan fingerprint density at radius 3 is 2.67 bits per heavy atom. The number of aliphatic hydroxyl groups is 1. The Labute approximate surface area is 174 Å². The average Bonchev–Trinajstić information content (AvgIpc) is 3.13. The number of fused-ring (bicyclic) bond motifs is 5. The molecule has 1 aliphatic carbocycles. The number of aryl methyl sites for hydroxylation is 1. The molecular weight excluding hydrogens is 380 g/mol. The zero-order valence-electron chi connectivity index (χ0n) is 17.4. The van der Waals surface area contributed by atoms with Crippen LogP contribution in [0.2, 0.25) is 0 Å². The lowest BCUT2D eigenvalue weighted by Gasteiger charge is -2.32. The summed E-state index contributed by atoms with van der Waals surface area (Å²) in [7, 11) is 1.64. The summed E-state index contributed by atoms with van der Waals surface area (Å²) in [6, 6.07) is 7.63. The second-order valence-electron chi connectivity index (χ2n) is 8.10. The van der Waals surface area contributed by atoms with Crippen molar-refractivity contribution in [2.45, 2.75) is 51.7 Å². The molecule has 0 unspecified atom stereocenters. The van der Waals surface area contributed by atoms with Gasteiger partial charge >= 0.3 is 0 Å². The third-order valence-electron chi connectivity index (χ3n) is 6.74. The Morgan fingerprint density at radius 2 is 1.97 bits per heavy atom. The van der Waals surface area contributed by atoms with Crippen LogP contribution in [0.1, 0.15) is 48.9 Å². The number of carbonyl (C=O) groups is 1. The molecule has 1 aliphatic heterocycles. The molecule has 0 radical (unpaired) electrons. The summed E-state index contributed by atoms with van der Waals surface area (Å²) in [4.78, 5) is 30.8. The summed E-state index contributed by atoms with van der Waals surface area (Å²) in [5.41, 5.74) is 3.77. The molecule has 0 fully saturated rings. The van der Waals surface area contributed by atoms with E-state index < -0.39 is 5.60 Å². The van der Waals surface area contributed by atoms with E-state index in [1.165, 1.54) is 0 Å². The summed E-state index contributed by atoms with van der Waals surface area (Å²) in [6.07, 6.45) is 1.62. The monoisotopic (exact) mass is 404 g/mol. The van der Waals surface area contributed by atoms with E-state index in [2.05, 4.69) is 6.92 Å². The SMILES string of the molecule is CCc1c2c(nc3ccc(OC)cc13)-c1cc3c(c(=O)n1C2)CCC(=O)[C@]3(O)CC. The van der Waals surface area contributed by atoms with Crippen LogP contribution in [0.15, 0.2) is 29.1 Å². The molecule has 0 saturated carbocycles. The second kappa shape index (κ2) is 6.51. The fourth-order valence-corrected chi connectivity index (χ4v) is 5.06. The molecule has 3 heterocycles. The van der Waals surface area contributed by atoms with E-state index in [9.17, 15) is 14.7 Å². The normalized spacial score (nSPS) is 19.5. The standard InChI is InChI=1S/C24H24N2O4/c1-4-14-16-10-13(30-3)6-8-19(16)25-22-17(14)12-26-20(22)11-18-15(23(26)28)7-9-21(27)24(18,29)5-2/h6,8,10-11,29H,4-5,7,9,12H2,1-3H3/t24-/m0/s1. The van der Waals surface area contributed by atoms with Gasteiger partial charge in [-0.1, -0.05) is 13.8 Å². The highest BCUT2D eigenvalue weighted by Gasteiger charge is 2.43. The third kappa shape index (κ3) is 2.37. The largest absolute Gasteiger partial charge is 0.497 e. The number of pyridine rings is 2. The zero-order chi connectivity index (χ0) is 21.2. The number of rotatable bonds is 3.